The standard InChI is InChI=1S/C18H25N3O2/c19-8-13-2-12-3-14(12)21(13)16(22)15(20)17-4-10-1-11(5-17)7-18(23,6-10)9-17/h10-15,23H,1-7,9,20H2/t10-,11+,12-,13+,14+,15-,17+,18-/m1/s1. The summed E-state index contributed by atoms with van der Waals surface area (Å²) >= 11 is 0. The number of hydrogen-bond donors (Lipinski definition) is 2. The van der Waals surface area contributed by atoms with Crippen molar-refractivity contribution in [2.45, 2.75) is 75.1 Å². The second-order valence-corrected chi connectivity index (χ2v) is 9.21. The Bertz CT molecular complexity index is 598. The molecule has 0 radical (unpaired) electrons. The van der Waals surface area contributed by atoms with Crippen molar-refractivity contribution in [1.29, 1.82) is 5.26 Å². The van der Waals surface area contributed by atoms with E-state index in [2.05, 4.69) is 6.07 Å². The molecule has 0 aromatic rings. The Morgan fingerprint density at radius 1 is 1.22 bits per heavy atom. The number of amides is 1. The number of hydrogen-bond acceptors (Lipinski definition) is 4. The number of aliphatic hydroxyl groups is 1. The van der Waals surface area contributed by atoms with Crippen LogP contribution in [-0.4, -0.2) is 39.6 Å². The number of nitrogens with two attached hydrogens (primary N) is 1. The smallest absolute Gasteiger partial charge is 0.241 e. The van der Waals surface area contributed by atoms with Crippen LogP contribution in [0.25, 0.3) is 0 Å². The maximum Gasteiger partial charge on any atom is 0.241 e. The molecule has 6 fully saturated rings. The Kier molecular flexibility index (Phi) is 2.65. The summed E-state index contributed by atoms with van der Waals surface area (Å²) in [6, 6.07) is 1.72. The Morgan fingerprint density at radius 3 is 2.52 bits per heavy atom. The third-order valence-corrected chi connectivity index (χ3v) is 7.51. The van der Waals surface area contributed by atoms with Crippen molar-refractivity contribution in [1.82, 2.24) is 4.90 Å². The topological polar surface area (TPSA) is 90.4 Å². The first-order chi connectivity index (χ1) is 10.9. The van der Waals surface area contributed by atoms with E-state index < -0.39 is 11.6 Å². The lowest BCUT2D eigenvalue weighted by Gasteiger charge is -2.61. The zero-order valence-corrected chi connectivity index (χ0v) is 13.4. The molecule has 5 nitrogen and oxygen atoms in total. The molecule has 3 N–H and O–H groups in total. The third-order valence-electron chi connectivity index (χ3n) is 7.51. The molecule has 6 aliphatic rings. The Morgan fingerprint density at radius 2 is 1.91 bits per heavy atom. The quantitative estimate of drug-likeness (QED) is 0.800. The SMILES string of the molecule is N#C[C@@H]1C[C@@H]2C[C@@H]2N1C(=O)[C@@H](N)[C@@]12C[C@@H]3C[C@@H](C[C@@](O)(C3)C1)C2. The highest BCUT2D eigenvalue weighted by atomic mass is 16.3. The van der Waals surface area contributed by atoms with E-state index in [1.165, 1.54) is 6.42 Å². The van der Waals surface area contributed by atoms with Crippen LogP contribution in [0.15, 0.2) is 0 Å². The fourth-order valence-corrected chi connectivity index (χ4v) is 6.96. The van der Waals surface area contributed by atoms with Gasteiger partial charge in [0.15, 0.2) is 0 Å². The van der Waals surface area contributed by atoms with Gasteiger partial charge < -0.3 is 15.7 Å². The molecule has 4 bridgehead atoms. The molecule has 0 aromatic heterocycles. The molecule has 124 valence electrons. The predicted octanol–water partition coefficient (Wildman–Crippen LogP) is 1.16. The van der Waals surface area contributed by atoms with Gasteiger partial charge in [0.1, 0.15) is 6.04 Å². The zero-order chi connectivity index (χ0) is 16.0. The van der Waals surface area contributed by atoms with Crippen molar-refractivity contribution >= 4 is 5.91 Å². The van der Waals surface area contributed by atoms with Crippen LogP contribution < -0.4 is 5.73 Å². The highest BCUT2D eigenvalue weighted by Gasteiger charge is 2.62. The number of nitriles is 1. The summed E-state index contributed by atoms with van der Waals surface area (Å²) in [4.78, 5) is 14.9. The van der Waals surface area contributed by atoms with E-state index in [0.717, 1.165) is 38.5 Å². The molecular weight excluding hydrogens is 290 g/mol. The van der Waals surface area contributed by atoms with E-state index in [1.807, 2.05) is 0 Å². The lowest BCUT2D eigenvalue weighted by Crippen LogP contribution is -2.64. The van der Waals surface area contributed by atoms with E-state index >= 15 is 0 Å². The van der Waals surface area contributed by atoms with E-state index in [0.29, 0.717) is 24.2 Å². The molecule has 0 aromatic carbocycles. The lowest BCUT2D eigenvalue weighted by molar-refractivity contribution is -0.177. The monoisotopic (exact) mass is 315 g/mol. The molecule has 0 spiro atoms. The van der Waals surface area contributed by atoms with Gasteiger partial charge in [0.05, 0.1) is 17.7 Å². The summed E-state index contributed by atoms with van der Waals surface area (Å²) in [5, 5.41) is 20.2. The van der Waals surface area contributed by atoms with Crippen molar-refractivity contribution in [2.24, 2.45) is 28.9 Å². The highest BCUT2D eigenvalue weighted by molar-refractivity contribution is 5.84. The molecule has 23 heavy (non-hydrogen) atoms. The van der Waals surface area contributed by atoms with Crippen molar-refractivity contribution < 1.29 is 9.90 Å². The van der Waals surface area contributed by atoms with Crippen LogP contribution in [-0.2, 0) is 4.79 Å². The second-order valence-electron chi connectivity index (χ2n) is 9.21. The van der Waals surface area contributed by atoms with Gasteiger partial charge in [-0.05, 0) is 74.5 Å². The number of likely N-dealkylation sites (tertiary alicyclic amines) is 1. The number of fused-ring (bicyclic) bond motifs is 1. The summed E-state index contributed by atoms with van der Waals surface area (Å²) in [6.07, 6.45) is 7.48. The Labute approximate surface area is 136 Å². The summed E-state index contributed by atoms with van der Waals surface area (Å²) in [6.45, 7) is 0. The van der Waals surface area contributed by atoms with Crippen molar-refractivity contribution in [3.05, 3.63) is 0 Å². The molecular formula is C18H25N3O2. The van der Waals surface area contributed by atoms with E-state index in [4.69, 9.17) is 5.73 Å². The lowest BCUT2D eigenvalue weighted by atomic mass is 9.46. The first kappa shape index (κ1) is 14.2. The molecule has 6 rings (SSSR count). The molecule has 8 atom stereocenters. The molecule has 5 saturated carbocycles. The summed E-state index contributed by atoms with van der Waals surface area (Å²) in [7, 11) is 0. The normalized spacial score (nSPS) is 53.8. The highest BCUT2D eigenvalue weighted by Crippen LogP contribution is 2.63. The molecule has 1 heterocycles. The number of carbonyl (C=O) groups is 1. The minimum absolute atomic E-state index is 0.0212. The van der Waals surface area contributed by atoms with Gasteiger partial charge in [-0.15, -0.1) is 0 Å². The van der Waals surface area contributed by atoms with E-state index in [1.54, 1.807) is 4.90 Å². The molecule has 5 aliphatic carbocycles. The minimum Gasteiger partial charge on any atom is -0.390 e. The van der Waals surface area contributed by atoms with Crippen LogP contribution >= 0.6 is 0 Å². The van der Waals surface area contributed by atoms with Crippen LogP contribution in [0, 0.1) is 34.5 Å². The molecule has 1 aliphatic heterocycles. The van der Waals surface area contributed by atoms with Crippen molar-refractivity contribution in [3.63, 3.8) is 0 Å². The van der Waals surface area contributed by atoms with Crippen molar-refractivity contribution in [2.75, 3.05) is 0 Å². The Balaban J connectivity index is 1.43. The predicted molar refractivity (Wildman–Crippen MR) is 82.8 cm³/mol. The maximum atomic E-state index is 13.1. The van der Waals surface area contributed by atoms with Gasteiger partial charge in [0.2, 0.25) is 5.91 Å². The van der Waals surface area contributed by atoms with E-state index in [-0.39, 0.29) is 23.4 Å². The van der Waals surface area contributed by atoms with Crippen LogP contribution in [0.3, 0.4) is 0 Å². The average molecular weight is 315 g/mol. The fourth-order valence-electron chi connectivity index (χ4n) is 6.96. The fraction of sp³-hybridized carbons (Fsp3) is 0.889. The van der Waals surface area contributed by atoms with E-state index in [9.17, 15) is 15.2 Å². The first-order valence-corrected chi connectivity index (χ1v) is 9.13. The summed E-state index contributed by atoms with van der Waals surface area (Å²) in [5.41, 5.74) is 5.71. The molecule has 1 saturated heterocycles. The summed E-state index contributed by atoms with van der Waals surface area (Å²) < 4.78 is 0. The zero-order valence-electron chi connectivity index (χ0n) is 13.4. The van der Waals surface area contributed by atoms with Crippen LogP contribution in [0.4, 0.5) is 0 Å². The van der Waals surface area contributed by atoms with Gasteiger partial charge in [-0.25, -0.2) is 0 Å². The number of carbonyl (C=O) groups excluding carboxylic acids is 1. The van der Waals surface area contributed by atoms with Gasteiger partial charge in [0, 0.05) is 6.04 Å². The van der Waals surface area contributed by atoms with Crippen molar-refractivity contribution in [3.8, 4) is 6.07 Å². The number of nitrogens with zero attached hydrogens (tertiary/aromatic N) is 2. The van der Waals surface area contributed by atoms with Gasteiger partial charge in [-0.2, -0.15) is 5.26 Å². The molecule has 0 unspecified atom stereocenters. The second kappa shape index (κ2) is 4.29. The number of rotatable bonds is 2. The maximum absolute atomic E-state index is 13.1. The molecule has 1 amide bonds. The summed E-state index contributed by atoms with van der Waals surface area (Å²) in [5.74, 6) is 1.56. The van der Waals surface area contributed by atoms with Crippen LogP contribution in [0.2, 0.25) is 0 Å². The van der Waals surface area contributed by atoms with Gasteiger partial charge in [-0.3, -0.25) is 4.79 Å². The third kappa shape index (κ3) is 1.88. The van der Waals surface area contributed by atoms with Crippen LogP contribution in [0.5, 0.6) is 0 Å². The first-order valence-electron chi connectivity index (χ1n) is 9.13. The van der Waals surface area contributed by atoms with Gasteiger partial charge in [0.25, 0.3) is 0 Å². The van der Waals surface area contributed by atoms with Gasteiger partial charge in [-0.1, -0.05) is 0 Å². The molecule has 5 heteroatoms. The minimum atomic E-state index is -0.594. The van der Waals surface area contributed by atoms with Crippen LogP contribution in [0.1, 0.15) is 51.4 Å². The Hall–Kier alpha value is -1.12. The largest absolute Gasteiger partial charge is 0.390 e. The number of piperidine rings is 1. The average Bonchev–Trinajstić information content (AvgIpc) is 3.14. The van der Waals surface area contributed by atoms with Gasteiger partial charge >= 0.3 is 0 Å².